The molecular formula is C35H38FN7O5. The summed E-state index contributed by atoms with van der Waals surface area (Å²) in [6, 6.07) is 12.8. The van der Waals surface area contributed by atoms with Crippen LogP contribution in [0.4, 0.5) is 20.6 Å². The summed E-state index contributed by atoms with van der Waals surface area (Å²) < 4.78 is 26.0. The van der Waals surface area contributed by atoms with Gasteiger partial charge in [0.05, 0.1) is 25.9 Å². The SMILES string of the molecule is COc1cc(C(=O)Nc2cccc(-c3cccc(NC(=O)c4nc5c(n4C)CCN(C)C5)c3C)c2C)ncc1CN1CC(F)COC1=O. The van der Waals surface area contributed by atoms with E-state index in [2.05, 4.69) is 25.5 Å². The summed E-state index contributed by atoms with van der Waals surface area (Å²) >= 11 is 0. The Morgan fingerprint density at radius 1 is 1.04 bits per heavy atom. The van der Waals surface area contributed by atoms with Gasteiger partial charge < -0.3 is 34.5 Å². The lowest BCUT2D eigenvalue weighted by atomic mass is 9.94. The van der Waals surface area contributed by atoms with Crippen LogP contribution < -0.4 is 15.4 Å². The van der Waals surface area contributed by atoms with E-state index in [9.17, 15) is 18.8 Å². The molecule has 0 bridgehead atoms. The van der Waals surface area contributed by atoms with Crippen LogP contribution in [0.1, 0.15) is 49.2 Å². The second-order valence-electron chi connectivity index (χ2n) is 12.2. The number of nitrogens with one attached hydrogen (secondary N) is 2. The molecule has 48 heavy (non-hydrogen) atoms. The summed E-state index contributed by atoms with van der Waals surface area (Å²) in [5.41, 5.74) is 7.37. The molecule has 0 aliphatic carbocycles. The number of aromatic nitrogens is 3. The highest BCUT2D eigenvalue weighted by Crippen LogP contribution is 2.34. The van der Waals surface area contributed by atoms with Gasteiger partial charge in [0, 0.05) is 61.5 Å². The lowest BCUT2D eigenvalue weighted by Gasteiger charge is -2.28. The van der Waals surface area contributed by atoms with E-state index in [4.69, 9.17) is 9.47 Å². The maximum Gasteiger partial charge on any atom is 0.410 e. The van der Waals surface area contributed by atoms with E-state index >= 15 is 0 Å². The van der Waals surface area contributed by atoms with E-state index in [0.29, 0.717) is 35.1 Å². The minimum atomic E-state index is -1.28. The van der Waals surface area contributed by atoms with Crippen LogP contribution in [0.15, 0.2) is 48.7 Å². The number of alkyl halides is 1. The number of hydrogen-bond donors (Lipinski definition) is 2. The van der Waals surface area contributed by atoms with Gasteiger partial charge in [0.25, 0.3) is 11.8 Å². The third-order valence-corrected chi connectivity index (χ3v) is 8.93. The highest BCUT2D eigenvalue weighted by molar-refractivity contribution is 6.05. The molecule has 1 unspecified atom stereocenters. The van der Waals surface area contributed by atoms with Crippen LogP contribution in [-0.2, 0) is 31.3 Å². The number of methoxy groups -OCH3 is 1. The molecular weight excluding hydrogens is 617 g/mol. The summed E-state index contributed by atoms with van der Waals surface area (Å²) in [5.74, 6) is -0.0180. The van der Waals surface area contributed by atoms with E-state index in [-0.39, 0.29) is 31.3 Å². The Bertz CT molecular complexity index is 1910. The van der Waals surface area contributed by atoms with Crippen LogP contribution in [0.25, 0.3) is 11.1 Å². The molecule has 6 rings (SSSR count). The number of benzene rings is 2. The van der Waals surface area contributed by atoms with E-state index < -0.39 is 18.2 Å². The zero-order chi connectivity index (χ0) is 34.1. The smallest absolute Gasteiger partial charge is 0.410 e. The van der Waals surface area contributed by atoms with Gasteiger partial charge in [-0.25, -0.2) is 14.2 Å². The van der Waals surface area contributed by atoms with Crippen molar-refractivity contribution in [2.24, 2.45) is 7.05 Å². The number of imidazole rings is 1. The predicted molar refractivity (Wildman–Crippen MR) is 178 cm³/mol. The maximum atomic E-state index is 13.8. The Morgan fingerprint density at radius 2 is 1.71 bits per heavy atom. The Hall–Kier alpha value is -5.30. The number of pyridine rings is 1. The number of cyclic esters (lactones) is 1. The van der Waals surface area contributed by atoms with Crippen molar-refractivity contribution in [1.82, 2.24) is 24.3 Å². The number of fused-ring (bicyclic) bond motifs is 1. The Balaban J connectivity index is 1.19. The Morgan fingerprint density at radius 3 is 2.38 bits per heavy atom. The molecule has 1 fully saturated rings. The number of carbonyl (C=O) groups excluding carboxylic acids is 3. The first kappa shape index (κ1) is 32.6. The number of nitrogens with zero attached hydrogens (tertiary/aromatic N) is 5. The van der Waals surface area contributed by atoms with Gasteiger partial charge in [-0.1, -0.05) is 24.3 Å². The van der Waals surface area contributed by atoms with Gasteiger partial charge in [0.15, 0.2) is 12.0 Å². The normalized spacial score (nSPS) is 16.2. The van der Waals surface area contributed by atoms with E-state index in [1.807, 2.05) is 62.8 Å². The molecule has 4 aromatic rings. The molecule has 4 heterocycles. The third-order valence-electron chi connectivity index (χ3n) is 8.93. The third kappa shape index (κ3) is 6.45. The number of likely N-dealkylation sites (N-methyl/N-ethyl adjacent to an activating group) is 1. The average Bonchev–Trinajstić information content (AvgIpc) is 3.40. The van der Waals surface area contributed by atoms with Crippen molar-refractivity contribution >= 4 is 29.3 Å². The van der Waals surface area contributed by atoms with Crippen LogP contribution in [0.2, 0.25) is 0 Å². The first-order valence-electron chi connectivity index (χ1n) is 15.7. The summed E-state index contributed by atoms with van der Waals surface area (Å²) in [6.07, 6.45) is 0.381. The van der Waals surface area contributed by atoms with E-state index in [0.717, 1.165) is 46.6 Å². The second kappa shape index (κ2) is 13.4. The summed E-state index contributed by atoms with van der Waals surface area (Å²) in [4.78, 5) is 51.2. The topological polar surface area (TPSA) is 131 Å². The average molecular weight is 656 g/mol. The van der Waals surface area contributed by atoms with Gasteiger partial charge in [-0.3, -0.25) is 14.6 Å². The van der Waals surface area contributed by atoms with Crippen molar-refractivity contribution in [3.05, 3.63) is 88.3 Å². The molecule has 0 radical (unpaired) electrons. The van der Waals surface area contributed by atoms with Gasteiger partial charge in [0.2, 0.25) is 0 Å². The molecule has 12 nitrogen and oxygen atoms in total. The van der Waals surface area contributed by atoms with Gasteiger partial charge in [-0.05, 0) is 55.3 Å². The van der Waals surface area contributed by atoms with Gasteiger partial charge >= 0.3 is 6.09 Å². The van der Waals surface area contributed by atoms with Gasteiger partial charge in [0.1, 0.15) is 18.1 Å². The molecule has 1 saturated heterocycles. The fourth-order valence-corrected chi connectivity index (χ4v) is 6.20. The van der Waals surface area contributed by atoms with Crippen molar-refractivity contribution in [3.8, 4) is 16.9 Å². The lowest BCUT2D eigenvalue weighted by molar-refractivity contribution is 0.0263. The standard InChI is InChI=1S/C35H38FN7O5/c1-20-24(25-9-7-11-27(21(25)2)40-34(45)32-38-29-18-41(3)13-12-30(29)42(32)4)8-6-10-26(20)39-33(44)28-14-31(47-5)22(15-37-28)16-43-17-23(36)19-48-35(43)46/h6-11,14-15,23H,12-13,16-19H2,1-5H3,(H,39,44)(H,40,45). The Kier molecular flexibility index (Phi) is 9.13. The summed E-state index contributed by atoms with van der Waals surface area (Å²) in [6.45, 7) is 5.16. The second-order valence-corrected chi connectivity index (χ2v) is 12.2. The quantitative estimate of drug-likeness (QED) is 0.275. The van der Waals surface area contributed by atoms with Gasteiger partial charge in [-0.15, -0.1) is 0 Å². The molecule has 2 N–H and O–H groups in total. The largest absolute Gasteiger partial charge is 0.496 e. The summed E-state index contributed by atoms with van der Waals surface area (Å²) in [5, 5.41) is 6.01. The van der Waals surface area contributed by atoms with Crippen LogP contribution >= 0.6 is 0 Å². The monoisotopic (exact) mass is 655 g/mol. The molecule has 2 aromatic heterocycles. The van der Waals surface area contributed by atoms with E-state index in [1.165, 1.54) is 24.3 Å². The highest BCUT2D eigenvalue weighted by atomic mass is 19.1. The Labute approximate surface area is 277 Å². The molecule has 1 atom stereocenters. The molecule has 2 aliphatic rings. The molecule has 13 heteroatoms. The van der Waals surface area contributed by atoms with Crippen LogP contribution in [-0.4, -0.2) is 82.3 Å². The minimum Gasteiger partial charge on any atom is -0.496 e. The van der Waals surface area contributed by atoms with Crippen LogP contribution in [0, 0.1) is 13.8 Å². The van der Waals surface area contributed by atoms with Crippen LogP contribution in [0.5, 0.6) is 5.75 Å². The van der Waals surface area contributed by atoms with Gasteiger partial charge in [-0.2, -0.15) is 0 Å². The molecule has 250 valence electrons. The summed E-state index contributed by atoms with van der Waals surface area (Å²) in [7, 11) is 5.37. The fraction of sp³-hybridized carbons (Fsp3) is 0.343. The van der Waals surface area contributed by atoms with E-state index in [1.54, 1.807) is 6.07 Å². The molecule has 3 amide bonds. The first-order valence-corrected chi connectivity index (χ1v) is 15.7. The first-order chi connectivity index (χ1) is 23.0. The fourth-order valence-electron chi connectivity index (χ4n) is 6.20. The van der Waals surface area contributed by atoms with Crippen molar-refractivity contribution in [1.29, 1.82) is 0 Å². The number of anilines is 2. The van der Waals surface area contributed by atoms with Crippen LogP contribution in [0.3, 0.4) is 0 Å². The molecule has 0 spiro atoms. The molecule has 0 saturated carbocycles. The zero-order valence-electron chi connectivity index (χ0n) is 27.6. The zero-order valence-corrected chi connectivity index (χ0v) is 27.6. The van der Waals surface area contributed by atoms with Crippen molar-refractivity contribution in [3.63, 3.8) is 0 Å². The van der Waals surface area contributed by atoms with Crippen molar-refractivity contribution in [2.75, 3.05) is 44.5 Å². The number of ether oxygens (including phenoxy) is 2. The number of hydrogen-bond acceptors (Lipinski definition) is 8. The predicted octanol–water partition coefficient (Wildman–Crippen LogP) is 4.89. The molecule has 2 aliphatic heterocycles. The number of halogens is 1. The maximum absolute atomic E-state index is 13.8. The lowest BCUT2D eigenvalue weighted by Crippen LogP contribution is -2.43. The number of rotatable bonds is 8. The minimum absolute atomic E-state index is 0.0265. The number of amides is 3. The van der Waals surface area contributed by atoms with Crippen molar-refractivity contribution < 1.29 is 28.2 Å². The van der Waals surface area contributed by atoms with Crippen molar-refractivity contribution in [2.45, 2.75) is 39.5 Å². The highest BCUT2D eigenvalue weighted by Gasteiger charge is 2.28. The number of carbonyl (C=O) groups is 3. The molecule has 2 aromatic carbocycles.